The topological polar surface area (TPSA) is 73.2 Å². The molecule has 6 nitrogen and oxygen atoms in total. The molecule has 24 heavy (non-hydrogen) atoms. The molecule has 0 spiro atoms. The second kappa shape index (κ2) is 8.73. The highest BCUT2D eigenvalue weighted by molar-refractivity contribution is 7.99. The van der Waals surface area contributed by atoms with Crippen LogP contribution in [0.5, 0.6) is 0 Å². The van der Waals surface area contributed by atoms with E-state index in [2.05, 4.69) is 16.2 Å². The van der Waals surface area contributed by atoms with E-state index in [1.807, 2.05) is 0 Å². The van der Waals surface area contributed by atoms with Gasteiger partial charge in [-0.3, -0.25) is 14.2 Å². The van der Waals surface area contributed by atoms with Gasteiger partial charge in [-0.05, 0) is 18.2 Å². The number of hydrogen-bond donors (Lipinski definition) is 1. The summed E-state index contributed by atoms with van der Waals surface area (Å²) >= 11 is 7.14. The normalized spacial score (nSPS) is 10.5. The first-order valence-corrected chi connectivity index (χ1v) is 8.45. The number of thioether (sulfide) groups is 1. The number of rotatable bonds is 7. The Bertz CT molecular complexity index is 845. The molecule has 0 radical (unpaired) electrons. The maximum absolute atomic E-state index is 12.7. The van der Waals surface area contributed by atoms with Crippen molar-refractivity contribution in [3.8, 4) is 12.3 Å². The number of ether oxygens (including phenoxy) is 1. The van der Waals surface area contributed by atoms with E-state index in [0.29, 0.717) is 34.2 Å². The highest BCUT2D eigenvalue weighted by Gasteiger charge is 2.13. The van der Waals surface area contributed by atoms with E-state index in [1.54, 1.807) is 25.3 Å². The number of halogens is 1. The van der Waals surface area contributed by atoms with Crippen molar-refractivity contribution in [2.45, 2.75) is 11.7 Å². The number of fused-ring (bicyclic) bond motifs is 1. The molecule has 1 N–H and O–H groups in total. The van der Waals surface area contributed by atoms with Gasteiger partial charge in [-0.2, -0.15) is 0 Å². The van der Waals surface area contributed by atoms with Crippen molar-refractivity contribution in [1.29, 1.82) is 0 Å². The van der Waals surface area contributed by atoms with Gasteiger partial charge >= 0.3 is 0 Å². The molecule has 0 aliphatic heterocycles. The highest BCUT2D eigenvalue weighted by atomic mass is 35.5. The molecule has 0 aliphatic carbocycles. The van der Waals surface area contributed by atoms with Crippen LogP contribution in [0.25, 0.3) is 10.9 Å². The summed E-state index contributed by atoms with van der Waals surface area (Å²) in [7, 11) is 1.55. The van der Waals surface area contributed by atoms with Crippen LogP contribution in [0, 0.1) is 12.3 Å². The van der Waals surface area contributed by atoms with Gasteiger partial charge in [0.15, 0.2) is 5.16 Å². The van der Waals surface area contributed by atoms with E-state index in [4.69, 9.17) is 22.8 Å². The lowest BCUT2D eigenvalue weighted by Gasteiger charge is -2.12. The van der Waals surface area contributed by atoms with Crippen LogP contribution in [-0.2, 0) is 16.1 Å². The van der Waals surface area contributed by atoms with Crippen LogP contribution < -0.4 is 10.9 Å². The second-order valence-electron chi connectivity index (χ2n) is 4.77. The van der Waals surface area contributed by atoms with Crippen molar-refractivity contribution in [2.24, 2.45) is 0 Å². The number of nitrogens with zero attached hydrogens (tertiary/aromatic N) is 2. The Balaban J connectivity index is 2.36. The van der Waals surface area contributed by atoms with E-state index in [0.717, 1.165) is 11.8 Å². The molecular weight excluding hydrogens is 350 g/mol. The summed E-state index contributed by atoms with van der Waals surface area (Å²) < 4.78 is 6.55. The van der Waals surface area contributed by atoms with E-state index in [9.17, 15) is 9.59 Å². The fourth-order valence-electron chi connectivity index (χ4n) is 1.99. The van der Waals surface area contributed by atoms with Gasteiger partial charge in [-0.1, -0.05) is 29.3 Å². The monoisotopic (exact) mass is 365 g/mol. The molecule has 0 bridgehead atoms. The van der Waals surface area contributed by atoms with Gasteiger partial charge in [-0.25, -0.2) is 4.98 Å². The Labute approximate surface area is 148 Å². The molecule has 0 saturated carbocycles. The molecule has 8 heteroatoms. The van der Waals surface area contributed by atoms with E-state index < -0.39 is 0 Å². The highest BCUT2D eigenvalue weighted by Crippen LogP contribution is 2.20. The van der Waals surface area contributed by atoms with Gasteiger partial charge in [0.25, 0.3) is 5.56 Å². The third-order valence-electron chi connectivity index (χ3n) is 3.12. The molecule has 1 aromatic heterocycles. The minimum absolute atomic E-state index is 0.104. The van der Waals surface area contributed by atoms with E-state index in [-0.39, 0.29) is 23.8 Å². The van der Waals surface area contributed by atoms with Crippen LogP contribution in [0.1, 0.15) is 0 Å². The first-order valence-electron chi connectivity index (χ1n) is 7.08. The summed E-state index contributed by atoms with van der Waals surface area (Å²) in [5, 5.41) is 3.96. The Morgan fingerprint density at radius 1 is 1.54 bits per heavy atom. The Morgan fingerprint density at radius 2 is 2.33 bits per heavy atom. The van der Waals surface area contributed by atoms with Crippen LogP contribution >= 0.6 is 23.4 Å². The molecule has 2 rings (SSSR count). The quantitative estimate of drug-likeness (QED) is 0.457. The number of terminal acetylenes is 1. The van der Waals surface area contributed by atoms with Gasteiger partial charge in [0.05, 0.1) is 36.4 Å². The molecule has 0 atom stereocenters. The van der Waals surface area contributed by atoms with Crippen LogP contribution in [0.4, 0.5) is 0 Å². The number of aromatic nitrogens is 2. The number of hydrogen-bond acceptors (Lipinski definition) is 5. The lowest BCUT2D eigenvalue weighted by molar-refractivity contribution is -0.118. The summed E-state index contributed by atoms with van der Waals surface area (Å²) in [4.78, 5) is 28.8. The molecule has 126 valence electrons. The van der Waals surface area contributed by atoms with Gasteiger partial charge in [0.2, 0.25) is 5.91 Å². The molecule has 2 aromatic rings. The zero-order chi connectivity index (χ0) is 17.5. The molecule has 0 fully saturated rings. The average molecular weight is 366 g/mol. The van der Waals surface area contributed by atoms with Crippen molar-refractivity contribution in [3.05, 3.63) is 33.6 Å². The van der Waals surface area contributed by atoms with Gasteiger partial charge in [0, 0.05) is 12.1 Å². The number of carbonyl (C=O) groups excluding carboxylic acids is 1. The Hall–Kier alpha value is -2.01. The average Bonchev–Trinajstić information content (AvgIpc) is 2.57. The van der Waals surface area contributed by atoms with Crippen molar-refractivity contribution in [1.82, 2.24) is 14.9 Å². The number of carbonyl (C=O) groups is 1. The first-order chi connectivity index (χ1) is 11.6. The molecule has 0 aliphatic rings. The van der Waals surface area contributed by atoms with E-state index in [1.165, 1.54) is 4.57 Å². The number of methoxy groups -OCH3 is 1. The summed E-state index contributed by atoms with van der Waals surface area (Å²) in [5.41, 5.74) is 0.299. The van der Waals surface area contributed by atoms with Crippen molar-refractivity contribution in [2.75, 3.05) is 26.0 Å². The Kier molecular flexibility index (Phi) is 6.67. The zero-order valence-corrected chi connectivity index (χ0v) is 14.6. The predicted octanol–water partition coefficient (Wildman–Crippen LogP) is 1.54. The van der Waals surface area contributed by atoms with Gasteiger partial charge in [0.1, 0.15) is 0 Å². The van der Waals surface area contributed by atoms with Gasteiger partial charge in [-0.15, -0.1) is 6.42 Å². The summed E-state index contributed by atoms with van der Waals surface area (Å²) in [6.07, 6.45) is 5.10. The molecule has 1 amide bonds. The van der Waals surface area contributed by atoms with Crippen LogP contribution in [0.3, 0.4) is 0 Å². The lowest BCUT2D eigenvalue weighted by Crippen LogP contribution is -2.28. The molecular formula is C16H16ClN3O3S. The van der Waals surface area contributed by atoms with E-state index >= 15 is 0 Å². The maximum Gasteiger partial charge on any atom is 0.262 e. The molecule has 1 aromatic carbocycles. The number of nitrogens with one attached hydrogen (secondary N) is 1. The third kappa shape index (κ3) is 4.51. The maximum atomic E-state index is 12.7. The van der Waals surface area contributed by atoms with Crippen LogP contribution in [-0.4, -0.2) is 41.5 Å². The smallest absolute Gasteiger partial charge is 0.262 e. The SMILES string of the molecule is C#CCNC(=O)CSc1nc2cc(Cl)ccc2c(=O)n1CCOC. The predicted molar refractivity (Wildman–Crippen MR) is 95.5 cm³/mol. The molecule has 0 unspecified atom stereocenters. The third-order valence-corrected chi connectivity index (χ3v) is 4.33. The van der Waals surface area contributed by atoms with Crippen LogP contribution in [0.2, 0.25) is 5.02 Å². The van der Waals surface area contributed by atoms with Crippen LogP contribution in [0.15, 0.2) is 28.2 Å². The summed E-state index contributed by atoms with van der Waals surface area (Å²) in [6.45, 7) is 0.864. The molecule has 0 saturated heterocycles. The minimum atomic E-state index is -0.225. The number of benzene rings is 1. The van der Waals surface area contributed by atoms with Crippen molar-refractivity contribution >= 4 is 40.2 Å². The van der Waals surface area contributed by atoms with Crippen molar-refractivity contribution in [3.63, 3.8) is 0 Å². The summed E-state index contributed by atoms with van der Waals surface area (Å²) in [6, 6.07) is 4.92. The second-order valence-corrected chi connectivity index (χ2v) is 6.15. The first kappa shape index (κ1) is 18.3. The van der Waals surface area contributed by atoms with Crippen molar-refractivity contribution < 1.29 is 9.53 Å². The number of amides is 1. The lowest BCUT2D eigenvalue weighted by atomic mass is 10.2. The van der Waals surface area contributed by atoms with Gasteiger partial charge < -0.3 is 10.1 Å². The fourth-order valence-corrected chi connectivity index (χ4v) is 3.02. The fraction of sp³-hybridized carbons (Fsp3) is 0.312. The molecule has 1 heterocycles. The largest absolute Gasteiger partial charge is 0.383 e. The zero-order valence-electron chi connectivity index (χ0n) is 13.0. The minimum Gasteiger partial charge on any atom is -0.383 e. The Morgan fingerprint density at radius 3 is 3.04 bits per heavy atom. The standard InChI is InChI=1S/C16H16ClN3O3S/c1-3-6-18-14(21)10-24-16-19-13-9-11(17)4-5-12(13)15(22)20(16)7-8-23-2/h1,4-5,9H,6-8,10H2,2H3,(H,18,21). The summed E-state index contributed by atoms with van der Waals surface area (Å²) in [5.74, 6) is 2.21.